The molecule has 6 saturated carbocycles. The lowest BCUT2D eigenvalue weighted by atomic mass is 9.41. The van der Waals surface area contributed by atoms with Gasteiger partial charge in [0.1, 0.15) is 17.2 Å². The zero-order valence-corrected chi connectivity index (χ0v) is 26.0. The van der Waals surface area contributed by atoms with Crippen LogP contribution in [0.2, 0.25) is 0 Å². The van der Waals surface area contributed by atoms with Crippen molar-refractivity contribution in [3.8, 4) is 17.4 Å². The van der Waals surface area contributed by atoms with Gasteiger partial charge in [0.15, 0.2) is 5.82 Å². The second-order valence-corrected chi connectivity index (χ2v) is 15.1. The van der Waals surface area contributed by atoms with Gasteiger partial charge in [0.2, 0.25) is 17.7 Å². The summed E-state index contributed by atoms with van der Waals surface area (Å²) in [5.41, 5.74) is -0.937. The lowest BCUT2D eigenvalue weighted by Gasteiger charge is -2.66. The lowest BCUT2D eigenvalue weighted by Crippen LogP contribution is -2.65. The average molecular weight is 625 g/mol. The van der Waals surface area contributed by atoms with Crippen molar-refractivity contribution in [2.45, 2.75) is 108 Å². The molecule has 2 aromatic heterocycles. The minimum Gasteiger partial charge on any atom is -0.439 e. The third kappa shape index (κ3) is 5.67. The fourth-order valence-corrected chi connectivity index (χ4v) is 8.14. The number of hydrogen-bond acceptors (Lipinski definition) is 7. The number of anilines is 1. The van der Waals surface area contributed by atoms with Crippen LogP contribution in [0, 0.1) is 10.8 Å². The van der Waals surface area contributed by atoms with Crippen LogP contribution >= 0.6 is 0 Å². The van der Waals surface area contributed by atoms with Crippen molar-refractivity contribution in [1.29, 1.82) is 0 Å². The first kappa shape index (κ1) is 30.0. The predicted octanol–water partition coefficient (Wildman–Crippen LogP) is 8.06. The molecule has 3 aromatic rings. The van der Waals surface area contributed by atoms with E-state index in [1.165, 1.54) is 18.3 Å². The fourth-order valence-electron chi connectivity index (χ4n) is 8.14. The Kier molecular flexibility index (Phi) is 6.98. The second-order valence-electron chi connectivity index (χ2n) is 15.1. The van der Waals surface area contributed by atoms with Crippen LogP contribution in [0.1, 0.15) is 96.7 Å². The van der Waals surface area contributed by atoms with E-state index in [0.29, 0.717) is 49.6 Å². The van der Waals surface area contributed by atoms with Crippen molar-refractivity contribution in [3.63, 3.8) is 0 Å². The molecule has 6 aliphatic rings. The van der Waals surface area contributed by atoms with Gasteiger partial charge in [0, 0.05) is 41.6 Å². The van der Waals surface area contributed by atoms with Gasteiger partial charge in [-0.2, -0.15) is 13.8 Å². The Balaban J connectivity index is 1.10. The Morgan fingerprint density at radius 1 is 1.00 bits per heavy atom. The molecule has 9 rings (SSSR count). The SMILES string of the molecule is CC(C)(C)c1nc(C23CCC(CN(C(=O)CC45CC(F)(C4)C5)c4cccc(Oc5ccc(OC(F)F)cn5)c4)(CC2)CC3)no1. The number of rotatable bonds is 10. The smallest absolute Gasteiger partial charge is 0.387 e. The van der Waals surface area contributed by atoms with Gasteiger partial charge in [0.25, 0.3) is 0 Å². The summed E-state index contributed by atoms with van der Waals surface area (Å²) in [5, 5.41) is 4.42. The molecule has 0 unspecified atom stereocenters. The molecule has 6 fully saturated rings. The average Bonchev–Trinajstić information content (AvgIpc) is 3.49. The number of benzene rings is 1. The molecule has 0 aliphatic heterocycles. The van der Waals surface area contributed by atoms with E-state index in [1.807, 2.05) is 23.1 Å². The van der Waals surface area contributed by atoms with Gasteiger partial charge < -0.3 is 18.9 Å². The van der Waals surface area contributed by atoms with Gasteiger partial charge in [-0.05, 0) is 86.8 Å². The van der Waals surface area contributed by atoms with Crippen LogP contribution in [0.5, 0.6) is 17.4 Å². The summed E-state index contributed by atoms with van der Waals surface area (Å²) in [6.45, 7) is 3.83. The maximum absolute atomic E-state index is 14.4. The Morgan fingerprint density at radius 2 is 1.71 bits per heavy atom. The van der Waals surface area contributed by atoms with Crippen molar-refractivity contribution in [1.82, 2.24) is 15.1 Å². The van der Waals surface area contributed by atoms with Gasteiger partial charge in [-0.25, -0.2) is 9.37 Å². The van der Waals surface area contributed by atoms with E-state index in [1.54, 1.807) is 6.07 Å². The summed E-state index contributed by atoms with van der Waals surface area (Å²) in [7, 11) is 0. The summed E-state index contributed by atoms with van der Waals surface area (Å²) in [5.74, 6) is 2.08. The number of carbonyl (C=O) groups excluding carboxylic acids is 1. The highest BCUT2D eigenvalue weighted by molar-refractivity contribution is 5.94. The molecule has 240 valence electrons. The zero-order chi connectivity index (χ0) is 31.7. The van der Waals surface area contributed by atoms with Gasteiger partial charge >= 0.3 is 6.61 Å². The Hall–Kier alpha value is -3.63. The first-order valence-corrected chi connectivity index (χ1v) is 15.8. The maximum atomic E-state index is 14.4. The minimum atomic E-state index is -2.94. The summed E-state index contributed by atoms with van der Waals surface area (Å²) in [6, 6.07) is 10.1. The van der Waals surface area contributed by atoms with Gasteiger partial charge in [-0.1, -0.05) is 32.0 Å². The van der Waals surface area contributed by atoms with E-state index in [4.69, 9.17) is 14.2 Å². The third-order valence-corrected chi connectivity index (χ3v) is 10.6. The summed E-state index contributed by atoms with van der Waals surface area (Å²) in [4.78, 5) is 24.8. The van der Waals surface area contributed by atoms with E-state index in [0.717, 1.165) is 44.3 Å². The van der Waals surface area contributed by atoms with E-state index in [-0.39, 0.29) is 39.2 Å². The highest BCUT2D eigenvalue weighted by Crippen LogP contribution is 2.71. The predicted molar refractivity (Wildman–Crippen MR) is 159 cm³/mol. The van der Waals surface area contributed by atoms with Crippen LogP contribution in [0.4, 0.5) is 18.9 Å². The number of ether oxygens (including phenoxy) is 2. The molecule has 6 aliphatic carbocycles. The molecule has 0 atom stereocenters. The molecule has 4 bridgehead atoms. The van der Waals surface area contributed by atoms with Gasteiger partial charge in [0.05, 0.1) is 6.20 Å². The highest BCUT2D eigenvalue weighted by atomic mass is 19.3. The van der Waals surface area contributed by atoms with Crippen molar-refractivity contribution in [2.24, 2.45) is 10.8 Å². The monoisotopic (exact) mass is 624 g/mol. The first-order valence-electron chi connectivity index (χ1n) is 15.8. The van der Waals surface area contributed by atoms with Crippen molar-refractivity contribution < 1.29 is 32.0 Å². The number of halogens is 3. The summed E-state index contributed by atoms with van der Waals surface area (Å²) in [6.07, 6.45) is 8.55. The molecule has 1 aromatic carbocycles. The maximum Gasteiger partial charge on any atom is 0.387 e. The normalized spacial score (nSPS) is 30.0. The van der Waals surface area contributed by atoms with E-state index in [2.05, 4.69) is 35.6 Å². The quantitative estimate of drug-likeness (QED) is 0.225. The molecule has 11 heteroatoms. The third-order valence-electron chi connectivity index (χ3n) is 10.6. The molecule has 1 amide bonds. The molecule has 0 saturated heterocycles. The molecule has 0 N–H and O–H groups in total. The van der Waals surface area contributed by atoms with Crippen LogP contribution in [0.3, 0.4) is 0 Å². The van der Waals surface area contributed by atoms with E-state index >= 15 is 0 Å². The molecule has 0 radical (unpaired) electrons. The summed E-state index contributed by atoms with van der Waals surface area (Å²) < 4.78 is 55.4. The molecule has 8 nitrogen and oxygen atoms in total. The van der Waals surface area contributed by atoms with Crippen LogP contribution in [-0.2, 0) is 15.6 Å². The largest absolute Gasteiger partial charge is 0.439 e. The lowest BCUT2D eigenvalue weighted by molar-refractivity contribution is -0.215. The number of pyridine rings is 1. The molecular weight excluding hydrogens is 585 g/mol. The van der Waals surface area contributed by atoms with Crippen LogP contribution in [0.15, 0.2) is 47.1 Å². The standard InChI is InChI=1S/C34H39F3N4O4/c1-30(2,3)28-39-27(40-45-28)33-12-9-31(10-13-33,11-14-33)21-41(26(42)16-32-18-34(37,19-32)20-32)22-5-4-6-23(15-22)43-25-8-7-24(17-38-25)44-29(35)36/h4-8,15,17,29H,9-14,16,18-21H2,1-3H3. The van der Waals surface area contributed by atoms with Crippen LogP contribution in [0.25, 0.3) is 0 Å². The second kappa shape index (κ2) is 10.5. The number of alkyl halides is 3. The highest BCUT2D eigenvalue weighted by Gasteiger charge is 2.69. The van der Waals surface area contributed by atoms with E-state index in [9.17, 15) is 18.0 Å². The van der Waals surface area contributed by atoms with Crippen molar-refractivity contribution in [3.05, 3.63) is 54.3 Å². The molecule has 0 spiro atoms. The van der Waals surface area contributed by atoms with Crippen molar-refractivity contribution >= 4 is 11.6 Å². The first-order chi connectivity index (χ1) is 21.3. The number of fused-ring (bicyclic) bond motifs is 3. The Morgan fingerprint density at radius 3 is 2.29 bits per heavy atom. The molecular formula is C34H39F3N4O4. The zero-order valence-electron chi connectivity index (χ0n) is 26.0. The minimum absolute atomic E-state index is 0.00491. The summed E-state index contributed by atoms with van der Waals surface area (Å²) >= 11 is 0. The van der Waals surface area contributed by atoms with Gasteiger partial charge in [-0.15, -0.1) is 0 Å². The van der Waals surface area contributed by atoms with Crippen LogP contribution in [-0.4, -0.2) is 39.9 Å². The van der Waals surface area contributed by atoms with Crippen LogP contribution < -0.4 is 14.4 Å². The van der Waals surface area contributed by atoms with E-state index < -0.39 is 12.3 Å². The topological polar surface area (TPSA) is 90.6 Å². The number of amides is 1. The Bertz CT molecular complexity index is 1540. The molecule has 2 heterocycles. The fraction of sp³-hybridized carbons (Fsp3) is 0.588. The number of carbonyl (C=O) groups is 1. The number of hydrogen-bond donors (Lipinski definition) is 0. The van der Waals surface area contributed by atoms with Gasteiger partial charge in [-0.3, -0.25) is 4.79 Å². The van der Waals surface area contributed by atoms with Crippen molar-refractivity contribution in [2.75, 3.05) is 11.4 Å². The number of nitrogens with zero attached hydrogens (tertiary/aromatic N) is 4. The Labute approximate surface area is 260 Å². The number of aromatic nitrogens is 3. The molecule has 45 heavy (non-hydrogen) atoms.